The van der Waals surface area contributed by atoms with Crippen LogP contribution in [0.4, 0.5) is 19.1 Å². The molecule has 20 heavy (non-hydrogen) atoms. The molecule has 0 aromatic carbocycles. The van der Waals surface area contributed by atoms with Crippen LogP contribution >= 0.6 is 23.2 Å². The number of rotatable bonds is 2. The van der Waals surface area contributed by atoms with E-state index in [4.69, 9.17) is 23.2 Å². The molecule has 0 radical (unpaired) electrons. The second kappa shape index (κ2) is 5.25. The number of hydrogen-bond acceptors (Lipinski definition) is 4. The van der Waals surface area contributed by atoms with Gasteiger partial charge in [-0.25, -0.2) is 4.98 Å². The van der Waals surface area contributed by atoms with Crippen LogP contribution in [0.25, 0.3) is 0 Å². The molecule has 6 nitrogen and oxygen atoms in total. The number of nitrogens with one attached hydrogen (secondary N) is 2. The zero-order valence-corrected chi connectivity index (χ0v) is 10.8. The molecule has 2 aromatic heterocycles. The SMILES string of the molecule is O=C(Nc1n[nH]c(C(F)(F)F)n1)c1nc(Cl)ccc1Cl. The number of halogens is 5. The minimum Gasteiger partial charge on any atom is -0.288 e. The maximum atomic E-state index is 12.3. The minimum atomic E-state index is -4.69. The molecule has 0 aliphatic heterocycles. The lowest BCUT2D eigenvalue weighted by Gasteiger charge is -2.03. The molecular formula is C9H4Cl2F3N5O. The zero-order valence-electron chi connectivity index (χ0n) is 9.29. The lowest BCUT2D eigenvalue weighted by molar-refractivity contribution is -0.144. The second-order valence-corrected chi connectivity index (χ2v) is 4.22. The third-order valence-electron chi connectivity index (χ3n) is 2.01. The Morgan fingerprint density at radius 3 is 2.55 bits per heavy atom. The lowest BCUT2D eigenvalue weighted by Crippen LogP contribution is -2.15. The van der Waals surface area contributed by atoms with Crippen molar-refractivity contribution >= 4 is 35.1 Å². The molecule has 2 heterocycles. The van der Waals surface area contributed by atoms with Crippen molar-refractivity contribution in [2.75, 3.05) is 5.32 Å². The molecule has 2 N–H and O–H groups in total. The summed E-state index contributed by atoms with van der Waals surface area (Å²) in [6.07, 6.45) is -4.69. The van der Waals surface area contributed by atoms with Gasteiger partial charge in [0.15, 0.2) is 0 Å². The maximum absolute atomic E-state index is 12.3. The van der Waals surface area contributed by atoms with E-state index in [2.05, 4.69) is 15.1 Å². The van der Waals surface area contributed by atoms with E-state index in [-0.39, 0.29) is 15.9 Å². The topological polar surface area (TPSA) is 83.6 Å². The first kappa shape index (κ1) is 14.5. The number of aromatic amines is 1. The van der Waals surface area contributed by atoms with Crippen LogP contribution in [0.1, 0.15) is 16.3 Å². The van der Waals surface area contributed by atoms with Crippen molar-refractivity contribution in [1.29, 1.82) is 0 Å². The quantitative estimate of drug-likeness (QED) is 0.831. The Balaban J connectivity index is 2.20. The molecule has 0 atom stereocenters. The van der Waals surface area contributed by atoms with E-state index in [0.29, 0.717) is 0 Å². The molecule has 0 bridgehead atoms. The highest BCUT2D eigenvalue weighted by atomic mass is 35.5. The monoisotopic (exact) mass is 325 g/mol. The molecule has 0 spiro atoms. The van der Waals surface area contributed by atoms with Crippen molar-refractivity contribution in [2.45, 2.75) is 6.18 Å². The zero-order chi connectivity index (χ0) is 14.9. The molecule has 0 aliphatic rings. The van der Waals surface area contributed by atoms with Crippen molar-refractivity contribution in [3.63, 3.8) is 0 Å². The van der Waals surface area contributed by atoms with Crippen molar-refractivity contribution in [3.05, 3.63) is 33.8 Å². The van der Waals surface area contributed by atoms with E-state index >= 15 is 0 Å². The van der Waals surface area contributed by atoms with Crippen molar-refractivity contribution in [2.24, 2.45) is 0 Å². The normalized spacial score (nSPS) is 11.4. The molecular weight excluding hydrogens is 322 g/mol. The summed E-state index contributed by atoms with van der Waals surface area (Å²) in [5, 5.41) is 6.87. The van der Waals surface area contributed by atoms with Gasteiger partial charge in [-0.05, 0) is 12.1 Å². The lowest BCUT2D eigenvalue weighted by atomic mass is 10.3. The summed E-state index contributed by atoms with van der Waals surface area (Å²) in [6.45, 7) is 0. The van der Waals surface area contributed by atoms with Gasteiger partial charge in [-0.2, -0.15) is 18.2 Å². The summed E-state index contributed by atoms with van der Waals surface area (Å²) >= 11 is 11.3. The summed E-state index contributed by atoms with van der Waals surface area (Å²) in [5.74, 6) is -2.77. The number of alkyl halides is 3. The predicted molar refractivity (Wildman–Crippen MR) is 63.6 cm³/mol. The minimum absolute atomic E-state index is 0.00511. The number of H-pyrrole nitrogens is 1. The number of nitrogens with zero attached hydrogens (tertiary/aromatic N) is 3. The van der Waals surface area contributed by atoms with E-state index in [1.165, 1.54) is 12.1 Å². The highest BCUT2D eigenvalue weighted by Gasteiger charge is 2.35. The number of aromatic nitrogens is 4. The average molecular weight is 326 g/mol. The first-order valence-electron chi connectivity index (χ1n) is 4.90. The van der Waals surface area contributed by atoms with Gasteiger partial charge in [-0.15, -0.1) is 5.10 Å². The standard InChI is InChI=1S/C9H4Cl2F3N5O/c10-3-1-2-4(11)15-5(3)6(20)16-8-17-7(18-19-8)9(12,13)14/h1-2H,(H2,16,17,18,19,20). The Morgan fingerprint density at radius 1 is 1.25 bits per heavy atom. The first-order chi connectivity index (χ1) is 9.27. The average Bonchev–Trinajstić information content (AvgIpc) is 2.80. The van der Waals surface area contributed by atoms with Gasteiger partial charge < -0.3 is 0 Å². The highest BCUT2D eigenvalue weighted by molar-refractivity contribution is 6.35. The van der Waals surface area contributed by atoms with Crippen molar-refractivity contribution in [1.82, 2.24) is 20.2 Å². The highest BCUT2D eigenvalue weighted by Crippen LogP contribution is 2.26. The van der Waals surface area contributed by atoms with Crippen LogP contribution in [0, 0.1) is 0 Å². The molecule has 1 amide bonds. The van der Waals surface area contributed by atoms with Gasteiger partial charge in [-0.3, -0.25) is 15.2 Å². The largest absolute Gasteiger partial charge is 0.451 e. The third-order valence-corrected chi connectivity index (χ3v) is 2.52. The smallest absolute Gasteiger partial charge is 0.288 e. The number of hydrogen-bond donors (Lipinski definition) is 2. The summed E-state index contributed by atoms with van der Waals surface area (Å²) in [7, 11) is 0. The number of amides is 1. The molecule has 2 aromatic rings. The van der Waals surface area contributed by atoms with Gasteiger partial charge in [0, 0.05) is 0 Å². The molecule has 106 valence electrons. The van der Waals surface area contributed by atoms with E-state index in [0.717, 1.165) is 0 Å². The van der Waals surface area contributed by atoms with Gasteiger partial charge in [-0.1, -0.05) is 23.2 Å². The van der Waals surface area contributed by atoms with Crippen molar-refractivity contribution < 1.29 is 18.0 Å². The van der Waals surface area contributed by atoms with Crippen LogP contribution in [-0.4, -0.2) is 26.1 Å². The molecule has 0 saturated carbocycles. The van der Waals surface area contributed by atoms with Crippen molar-refractivity contribution in [3.8, 4) is 0 Å². The van der Waals surface area contributed by atoms with E-state index < -0.39 is 23.9 Å². The summed E-state index contributed by atoms with van der Waals surface area (Å²) < 4.78 is 36.8. The van der Waals surface area contributed by atoms with Gasteiger partial charge >= 0.3 is 6.18 Å². The summed E-state index contributed by atoms with van der Waals surface area (Å²) in [6, 6.07) is 2.68. The summed E-state index contributed by atoms with van der Waals surface area (Å²) in [5.41, 5.74) is -0.252. The first-order valence-corrected chi connectivity index (χ1v) is 5.66. The van der Waals surface area contributed by atoms with E-state index in [1.807, 2.05) is 5.32 Å². The third kappa shape index (κ3) is 3.17. The van der Waals surface area contributed by atoms with Gasteiger partial charge in [0.25, 0.3) is 5.91 Å². The molecule has 0 unspecified atom stereocenters. The number of carbonyl (C=O) groups is 1. The number of pyridine rings is 1. The fourth-order valence-electron chi connectivity index (χ4n) is 1.18. The Kier molecular flexibility index (Phi) is 3.82. The Labute approximate surface area is 119 Å². The number of anilines is 1. The molecule has 0 fully saturated rings. The fraction of sp³-hybridized carbons (Fsp3) is 0.111. The van der Waals surface area contributed by atoms with E-state index in [1.54, 1.807) is 5.10 Å². The fourth-order valence-corrected chi connectivity index (χ4v) is 1.52. The predicted octanol–water partition coefficient (Wildman–Crippen LogP) is 2.78. The van der Waals surface area contributed by atoms with Crippen LogP contribution in [0.5, 0.6) is 0 Å². The molecule has 2 rings (SSSR count). The molecule has 11 heteroatoms. The van der Waals surface area contributed by atoms with Crippen LogP contribution < -0.4 is 5.32 Å². The van der Waals surface area contributed by atoms with Crippen LogP contribution in [0.15, 0.2) is 12.1 Å². The maximum Gasteiger partial charge on any atom is 0.451 e. The van der Waals surface area contributed by atoms with Crippen LogP contribution in [-0.2, 0) is 6.18 Å². The van der Waals surface area contributed by atoms with Crippen LogP contribution in [0.3, 0.4) is 0 Å². The van der Waals surface area contributed by atoms with Gasteiger partial charge in [0.1, 0.15) is 10.8 Å². The number of carbonyl (C=O) groups excluding carboxylic acids is 1. The van der Waals surface area contributed by atoms with E-state index in [9.17, 15) is 18.0 Å². The Bertz CT molecular complexity index is 657. The summed E-state index contributed by atoms with van der Waals surface area (Å²) in [4.78, 5) is 18.5. The van der Waals surface area contributed by atoms with Gasteiger partial charge in [0.05, 0.1) is 5.02 Å². The van der Waals surface area contributed by atoms with Crippen LogP contribution in [0.2, 0.25) is 10.2 Å². The second-order valence-electron chi connectivity index (χ2n) is 3.42. The Hall–Kier alpha value is -1.87. The molecule has 0 saturated heterocycles. The Morgan fingerprint density at radius 2 is 1.95 bits per heavy atom. The molecule has 0 aliphatic carbocycles. The van der Waals surface area contributed by atoms with Gasteiger partial charge in [0.2, 0.25) is 11.8 Å².